The summed E-state index contributed by atoms with van der Waals surface area (Å²) >= 11 is 0. The summed E-state index contributed by atoms with van der Waals surface area (Å²) in [6.07, 6.45) is 2.86. The van der Waals surface area contributed by atoms with Gasteiger partial charge in [0.25, 0.3) is 0 Å². The number of piperidine rings is 1. The third-order valence-corrected chi connectivity index (χ3v) is 2.96. The smallest absolute Gasteiger partial charge is 0.218 e. The summed E-state index contributed by atoms with van der Waals surface area (Å²) < 4.78 is 0. The van der Waals surface area contributed by atoms with Gasteiger partial charge in [-0.3, -0.25) is 4.79 Å². The molecule has 0 saturated carbocycles. The number of hydrogen-bond acceptors (Lipinski definition) is 3. The Hall–Kier alpha value is -0.610. The van der Waals surface area contributed by atoms with Crippen molar-refractivity contribution in [3.05, 3.63) is 0 Å². The van der Waals surface area contributed by atoms with E-state index in [1.165, 1.54) is 12.8 Å². The topological polar surface area (TPSA) is 72.3 Å². The van der Waals surface area contributed by atoms with Gasteiger partial charge in [0.05, 0.1) is 0 Å². The van der Waals surface area contributed by atoms with Crippen LogP contribution in [0.4, 0.5) is 0 Å². The summed E-state index contributed by atoms with van der Waals surface area (Å²) in [6, 6.07) is 0.256. The first-order chi connectivity index (χ1) is 6.59. The molecule has 0 aromatic heterocycles. The van der Waals surface area contributed by atoms with Gasteiger partial charge in [0.2, 0.25) is 5.91 Å². The largest absolute Gasteiger partial charge is 0.370 e. The molecule has 4 nitrogen and oxygen atoms in total. The van der Waals surface area contributed by atoms with E-state index in [1.54, 1.807) is 0 Å². The molecule has 2 atom stereocenters. The van der Waals surface area contributed by atoms with Crippen molar-refractivity contribution in [1.29, 1.82) is 0 Å². The quantitative estimate of drug-likeness (QED) is 0.665. The first-order valence-corrected chi connectivity index (χ1v) is 5.36. The molecule has 4 N–H and O–H groups in total. The van der Waals surface area contributed by atoms with Crippen molar-refractivity contribution in [1.82, 2.24) is 4.90 Å². The highest BCUT2D eigenvalue weighted by molar-refractivity contribution is 5.73. The average Bonchev–Trinajstić information content (AvgIpc) is 2.15. The first kappa shape index (κ1) is 11.5. The predicted molar refractivity (Wildman–Crippen MR) is 56.6 cm³/mol. The van der Waals surface area contributed by atoms with E-state index in [2.05, 4.69) is 11.8 Å². The van der Waals surface area contributed by atoms with Crippen molar-refractivity contribution in [3.63, 3.8) is 0 Å². The Kier molecular flexibility index (Phi) is 4.35. The molecule has 0 aromatic carbocycles. The maximum absolute atomic E-state index is 10.6. The van der Waals surface area contributed by atoms with Gasteiger partial charge in [-0.05, 0) is 32.2 Å². The molecule has 1 aliphatic heterocycles. The monoisotopic (exact) mass is 199 g/mol. The van der Waals surface area contributed by atoms with Crippen LogP contribution in [0.2, 0.25) is 0 Å². The molecule has 0 bridgehead atoms. The van der Waals surface area contributed by atoms with Gasteiger partial charge in [0, 0.05) is 25.6 Å². The molecule has 1 amide bonds. The van der Waals surface area contributed by atoms with Gasteiger partial charge in [-0.1, -0.05) is 0 Å². The number of hydrogen-bond donors (Lipinski definition) is 2. The van der Waals surface area contributed by atoms with E-state index in [1.807, 2.05) is 0 Å². The van der Waals surface area contributed by atoms with Crippen molar-refractivity contribution < 1.29 is 4.79 Å². The Labute approximate surface area is 85.6 Å². The molecule has 1 heterocycles. The van der Waals surface area contributed by atoms with Gasteiger partial charge in [-0.25, -0.2) is 0 Å². The number of rotatable bonds is 4. The molecule has 1 aliphatic rings. The standard InChI is InChI=1S/C10H21N3O/c1-8(11)9-3-2-5-13(7-9)6-4-10(12)14/h8-9H,2-7,11H2,1H3,(H2,12,14). The van der Waals surface area contributed by atoms with Crippen LogP contribution in [0.3, 0.4) is 0 Å². The number of amides is 1. The van der Waals surface area contributed by atoms with E-state index in [4.69, 9.17) is 11.5 Å². The normalized spacial score (nSPS) is 26.0. The van der Waals surface area contributed by atoms with E-state index in [0.29, 0.717) is 12.3 Å². The zero-order chi connectivity index (χ0) is 10.6. The van der Waals surface area contributed by atoms with Crippen LogP contribution in [-0.4, -0.2) is 36.5 Å². The van der Waals surface area contributed by atoms with Crippen LogP contribution in [0, 0.1) is 5.92 Å². The molecule has 82 valence electrons. The summed E-state index contributed by atoms with van der Waals surface area (Å²) in [5.74, 6) is 0.365. The van der Waals surface area contributed by atoms with Crippen LogP contribution < -0.4 is 11.5 Å². The fourth-order valence-electron chi connectivity index (χ4n) is 1.99. The molecule has 1 saturated heterocycles. The Morgan fingerprint density at radius 1 is 1.64 bits per heavy atom. The second kappa shape index (κ2) is 5.32. The number of carbonyl (C=O) groups excluding carboxylic acids is 1. The first-order valence-electron chi connectivity index (χ1n) is 5.36. The van der Waals surface area contributed by atoms with Crippen molar-refractivity contribution in [2.75, 3.05) is 19.6 Å². The lowest BCUT2D eigenvalue weighted by molar-refractivity contribution is -0.118. The average molecular weight is 199 g/mol. The lowest BCUT2D eigenvalue weighted by atomic mass is 9.92. The van der Waals surface area contributed by atoms with E-state index in [-0.39, 0.29) is 11.9 Å². The van der Waals surface area contributed by atoms with Crippen LogP contribution in [0.25, 0.3) is 0 Å². The van der Waals surface area contributed by atoms with Crippen molar-refractivity contribution in [2.24, 2.45) is 17.4 Å². The minimum atomic E-state index is -0.215. The molecule has 14 heavy (non-hydrogen) atoms. The van der Waals surface area contributed by atoms with Gasteiger partial charge >= 0.3 is 0 Å². The minimum absolute atomic E-state index is 0.215. The summed E-state index contributed by atoms with van der Waals surface area (Å²) in [4.78, 5) is 12.9. The third-order valence-electron chi connectivity index (χ3n) is 2.96. The zero-order valence-electron chi connectivity index (χ0n) is 8.91. The minimum Gasteiger partial charge on any atom is -0.370 e. The molecule has 0 radical (unpaired) electrons. The van der Waals surface area contributed by atoms with E-state index < -0.39 is 0 Å². The lowest BCUT2D eigenvalue weighted by Gasteiger charge is -2.34. The summed E-state index contributed by atoms with van der Waals surface area (Å²) in [6.45, 7) is 4.95. The van der Waals surface area contributed by atoms with Crippen LogP contribution in [-0.2, 0) is 4.79 Å². The highest BCUT2D eigenvalue weighted by Crippen LogP contribution is 2.18. The van der Waals surface area contributed by atoms with E-state index >= 15 is 0 Å². The van der Waals surface area contributed by atoms with Crippen molar-refractivity contribution in [2.45, 2.75) is 32.2 Å². The van der Waals surface area contributed by atoms with Crippen LogP contribution in [0.1, 0.15) is 26.2 Å². The number of primary amides is 1. The third kappa shape index (κ3) is 3.64. The molecule has 0 aliphatic carbocycles. The van der Waals surface area contributed by atoms with Crippen LogP contribution in [0.15, 0.2) is 0 Å². The second-order valence-electron chi connectivity index (χ2n) is 4.28. The highest BCUT2D eigenvalue weighted by Gasteiger charge is 2.22. The molecule has 4 heteroatoms. The number of likely N-dealkylation sites (tertiary alicyclic amines) is 1. The predicted octanol–water partition coefficient (Wildman–Crippen LogP) is -0.0790. The zero-order valence-corrected chi connectivity index (χ0v) is 8.91. The Morgan fingerprint density at radius 3 is 2.93 bits per heavy atom. The Bertz CT molecular complexity index is 194. The fraction of sp³-hybridized carbons (Fsp3) is 0.900. The SMILES string of the molecule is CC(N)C1CCCN(CCC(N)=O)C1. The molecule has 2 unspecified atom stereocenters. The summed E-state index contributed by atoms with van der Waals surface area (Å²) in [5.41, 5.74) is 11.0. The van der Waals surface area contributed by atoms with E-state index in [9.17, 15) is 4.79 Å². The van der Waals surface area contributed by atoms with Gasteiger partial charge in [0.1, 0.15) is 0 Å². The second-order valence-corrected chi connectivity index (χ2v) is 4.28. The lowest BCUT2D eigenvalue weighted by Crippen LogP contribution is -2.43. The maximum Gasteiger partial charge on any atom is 0.218 e. The molecule has 0 spiro atoms. The van der Waals surface area contributed by atoms with Crippen LogP contribution in [0.5, 0.6) is 0 Å². The van der Waals surface area contributed by atoms with Crippen molar-refractivity contribution >= 4 is 5.91 Å². The van der Waals surface area contributed by atoms with Gasteiger partial charge in [0.15, 0.2) is 0 Å². The molecule has 0 aromatic rings. The molecular weight excluding hydrogens is 178 g/mol. The van der Waals surface area contributed by atoms with Gasteiger partial charge in [-0.15, -0.1) is 0 Å². The van der Waals surface area contributed by atoms with E-state index in [0.717, 1.165) is 19.6 Å². The summed E-state index contributed by atoms with van der Waals surface area (Å²) in [7, 11) is 0. The maximum atomic E-state index is 10.6. The fourth-order valence-corrected chi connectivity index (χ4v) is 1.99. The van der Waals surface area contributed by atoms with Gasteiger partial charge in [-0.2, -0.15) is 0 Å². The number of nitrogens with zero attached hydrogens (tertiary/aromatic N) is 1. The Morgan fingerprint density at radius 2 is 2.36 bits per heavy atom. The summed E-state index contributed by atoms with van der Waals surface area (Å²) in [5, 5.41) is 0. The van der Waals surface area contributed by atoms with Gasteiger partial charge < -0.3 is 16.4 Å². The van der Waals surface area contributed by atoms with Crippen LogP contribution >= 0.6 is 0 Å². The molecular formula is C10H21N3O. The highest BCUT2D eigenvalue weighted by atomic mass is 16.1. The van der Waals surface area contributed by atoms with Crippen molar-refractivity contribution in [3.8, 4) is 0 Å². The molecule has 1 rings (SSSR count). The Balaban J connectivity index is 2.29. The number of nitrogens with two attached hydrogens (primary N) is 2. The number of carbonyl (C=O) groups is 1. The molecule has 1 fully saturated rings.